The minimum atomic E-state index is -0.371. The summed E-state index contributed by atoms with van der Waals surface area (Å²) in [6.45, 7) is 10.7. The molecule has 0 fully saturated rings. The Morgan fingerprint density at radius 1 is 0.917 bits per heavy atom. The number of hydrogen-bond acceptors (Lipinski definition) is 2. The van der Waals surface area contributed by atoms with Crippen LogP contribution in [0.25, 0.3) is 0 Å². The summed E-state index contributed by atoms with van der Waals surface area (Å²) < 4.78 is 6.99. The quantitative estimate of drug-likeness (QED) is 0.360. The summed E-state index contributed by atoms with van der Waals surface area (Å²) >= 11 is 6.92. The molecular weight excluding hydrogens is 432 g/mol. The van der Waals surface area contributed by atoms with Crippen molar-refractivity contribution >= 4 is 37.8 Å². The van der Waals surface area contributed by atoms with Crippen LogP contribution in [0.3, 0.4) is 0 Å². The highest BCUT2D eigenvalue weighted by molar-refractivity contribution is 9.11. The molecule has 0 heterocycles. The first-order valence-electron chi connectivity index (χ1n) is 7.98. The third kappa shape index (κ3) is 6.78. The smallest absolute Gasteiger partial charge is 0.343 e. The molecule has 4 heteroatoms. The van der Waals surface area contributed by atoms with Gasteiger partial charge in [0.2, 0.25) is 0 Å². The average molecular weight is 456 g/mol. The van der Waals surface area contributed by atoms with Crippen molar-refractivity contribution in [2.75, 3.05) is 0 Å². The molecule has 0 atom stereocenters. The van der Waals surface area contributed by atoms with Crippen LogP contribution in [0.15, 0.2) is 51.4 Å². The number of ether oxygens (including phenoxy) is 1. The maximum atomic E-state index is 12.1. The second-order valence-electron chi connectivity index (χ2n) is 6.46. The van der Waals surface area contributed by atoms with Crippen LogP contribution in [0.2, 0.25) is 0 Å². The maximum absolute atomic E-state index is 12.1. The molecule has 2 nitrogen and oxygen atoms in total. The summed E-state index contributed by atoms with van der Waals surface area (Å²) in [6.07, 6.45) is 0. The van der Waals surface area contributed by atoms with Crippen LogP contribution in [-0.4, -0.2) is 5.97 Å². The molecule has 130 valence electrons. The minimum absolute atomic E-state index is 0.371. The number of rotatable bonds is 3. The van der Waals surface area contributed by atoms with Crippen molar-refractivity contribution in [3.63, 3.8) is 0 Å². The Kier molecular flexibility index (Phi) is 8.71. The molecule has 0 bridgehead atoms. The number of benzene rings is 2. The van der Waals surface area contributed by atoms with Crippen molar-refractivity contribution < 1.29 is 9.53 Å². The Morgan fingerprint density at radius 2 is 1.38 bits per heavy atom. The van der Waals surface area contributed by atoms with Crippen LogP contribution in [-0.2, 0) is 0 Å². The Bertz CT molecular complexity index is 639. The van der Waals surface area contributed by atoms with Gasteiger partial charge < -0.3 is 4.74 Å². The van der Waals surface area contributed by atoms with E-state index < -0.39 is 0 Å². The van der Waals surface area contributed by atoms with E-state index in [0.717, 1.165) is 14.9 Å². The monoisotopic (exact) mass is 454 g/mol. The molecule has 0 saturated carbocycles. The molecule has 0 amide bonds. The SMILES string of the molecule is CC(C)C.CC(C)c1cc(Br)c(OC(=O)c2ccccc2)c(Br)c1. The summed E-state index contributed by atoms with van der Waals surface area (Å²) in [6, 6.07) is 12.9. The Labute approximate surface area is 161 Å². The third-order valence-corrected chi connectivity index (χ3v) is 4.07. The normalized spacial score (nSPS) is 10.4. The zero-order valence-corrected chi connectivity index (χ0v) is 17.9. The first-order chi connectivity index (χ1) is 11.2. The second-order valence-corrected chi connectivity index (χ2v) is 8.16. The van der Waals surface area contributed by atoms with E-state index in [1.165, 1.54) is 5.56 Å². The summed E-state index contributed by atoms with van der Waals surface area (Å²) in [5.74, 6) is 1.37. The van der Waals surface area contributed by atoms with Crippen LogP contribution < -0.4 is 4.74 Å². The topological polar surface area (TPSA) is 26.3 Å². The van der Waals surface area contributed by atoms with Gasteiger partial charge in [-0.2, -0.15) is 0 Å². The Balaban J connectivity index is 0.000000648. The summed E-state index contributed by atoms with van der Waals surface area (Å²) in [4.78, 5) is 12.1. The molecule has 2 aromatic rings. The molecule has 0 aliphatic carbocycles. The third-order valence-electron chi connectivity index (χ3n) is 2.89. The summed E-state index contributed by atoms with van der Waals surface area (Å²) in [7, 11) is 0. The van der Waals surface area contributed by atoms with E-state index in [-0.39, 0.29) is 5.97 Å². The van der Waals surface area contributed by atoms with E-state index in [2.05, 4.69) is 66.5 Å². The van der Waals surface area contributed by atoms with Gasteiger partial charge in [-0.1, -0.05) is 52.8 Å². The summed E-state index contributed by atoms with van der Waals surface area (Å²) in [5, 5.41) is 0. The molecule has 2 rings (SSSR count). The number of halogens is 2. The largest absolute Gasteiger partial charge is 0.421 e. The van der Waals surface area contributed by atoms with Crippen molar-refractivity contribution in [2.45, 2.75) is 40.5 Å². The lowest BCUT2D eigenvalue weighted by molar-refractivity contribution is 0.0732. The minimum Gasteiger partial charge on any atom is -0.421 e. The predicted octanol–water partition coefficient (Wildman–Crippen LogP) is 7.22. The number of carbonyl (C=O) groups excluding carboxylic acids is 1. The van der Waals surface area contributed by atoms with E-state index in [1.54, 1.807) is 12.1 Å². The lowest BCUT2D eigenvalue weighted by atomic mass is 10.0. The highest BCUT2D eigenvalue weighted by Crippen LogP contribution is 2.37. The molecule has 0 N–H and O–H groups in total. The molecule has 0 spiro atoms. The fourth-order valence-electron chi connectivity index (χ4n) is 1.74. The zero-order valence-electron chi connectivity index (χ0n) is 14.8. The van der Waals surface area contributed by atoms with E-state index in [4.69, 9.17) is 4.74 Å². The van der Waals surface area contributed by atoms with E-state index in [1.807, 2.05) is 30.3 Å². The molecule has 0 aliphatic heterocycles. The molecule has 0 radical (unpaired) electrons. The number of esters is 1. The van der Waals surface area contributed by atoms with Gasteiger partial charge in [-0.25, -0.2) is 4.79 Å². The first kappa shape index (κ1) is 20.9. The number of carbonyl (C=O) groups is 1. The molecule has 0 unspecified atom stereocenters. The number of hydrogen-bond donors (Lipinski definition) is 0. The van der Waals surface area contributed by atoms with Crippen molar-refractivity contribution in [1.82, 2.24) is 0 Å². The standard InChI is InChI=1S/C16H14Br2O2.C4H10/c1-10(2)12-8-13(17)15(14(18)9-12)20-16(19)11-6-4-3-5-7-11;1-4(2)3/h3-10H,1-2H3;4H,1-3H3. The van der Waals surface area contributed by atoms with E-state index in [9.17, 15) is 4.79 Å². The van der Waals surface area contributed by atoms with Gasteiger partial charge in [0.15, 0.2) is 5.75 Å². The molecule has 2 aromatic carbocycles. The molecular formula is C20H24Br2O2. The van der Waals surface area contributed by atoms with Crippen molar-refractivity contribution in [3.05, 3.63) is 62.5 Å². The van der Waals surface area contributed by atoms with Gasteiger partial charge in [0.1, 0.15) is 0 Å². The highest BCUT2D eigenvalue weighted by atomic mass is 79.9. The van der Waals surface area contributed by atoms with Gasteiger partial charge in [0, 0.05) is 0 Å². The Hall–Kier alpha value is -1.13. The van der Waals surface area contributed by atoms with Crippen molar-refractivity contribution in [1.29, 1.82) is 0 Å². The lowest BCUT2D eigenvalue weighted by Gasteiger charge is -2.12. The molecule has 0 aromatic heterocycles. The predicted molar refractivity (Wildman–Crippen MR) is 108 cm³/mol. The van der Waals surface area contributed by atoms with Gasteiger partial charge in [-0.05, 0) is 73.5 Å². The van der Waals surface area contributed by atoms with Crippen LogP contribution in [0, 0.1) is 5.92 Å². The van der Waals surface area contributed by atoms with E-state index in [0.29, 0.717) is 17.2 Å². The van der Waals surface area contributed by atoms with Gasteiger partial charge in [-0.15, -0.1) is 0 Å². The van der Waals surface area contributed by atoms with Crippen LogP contribution in [0.5, 0.6) is 5.75 Å². The van der Waals surface area contributed by atoms with Crippen molar-refractivity contribution in [3.8, 4) is 5.75 Å². The molecule has 0 saturated heterocycles. The highest BCUT2D eigenvalue weighted by Gasteiger charge is 2.15. The average Bonchev–Trinajstić information content (AvgIpc) is 2.50. The van der Waals surface area contributed by atoms with Crippen LogP contribution in [0.4, 0.5) is 0 Å². The zero-order chi connectivity index (χ0) is 18.3. The lowest BCUT2D eigenvalue weighted by Crippen LogP contribution is -2.09. The fourth-order valence-corrected chi connectivity index (χ4v) is 3.12. The van der Waals surface area contributed by atoms with E-state index >= 15 is 0 Å². The fraction of sp³-hybridized carbons (Fsp3) is 0.350. The first-order valence-corrected chi connectivity index (χ1v) is 9.57. The van der Waals surface area contributed by atoms with Gasteiger partial charge in [0.25, 0.3) is 0 Å². The maximum Gasteiger partial charge on any atom is 0.343 e. The van der Waals surface area contributed by atoms with Crippen LogP contribution in [0.1, 0.15) is 56.5 Å². The van der Waals surface area contributed by atoms with Gasteiger partial charge >= 0.3 is 5.97 Å². The van der Waals surface area contributed by atoms with Gasteiger partial charge in [0.05, 0.1) is 14.5 Å². The van der Waals surface area contributed by atoms with Crippen LogP contribution >= 0.6 is 31.9 Å². The molecule has 0 aliphatic rings. The molecule has 24 heavy (non-hydrogen) atoms. The van der Waals surface area contributed by atoms with Gasteiger partial charge in [-0.3, -0.25) is 0 Å². The summed E-state index contributed by atoms with van der Waals surface area (Å²) in [5.41, 5.74) is 1.70. The van der Waals surface area contributed by atoms with Crippen molar-refractivity contribution in [2.24, 2.45) is 5.92 Å². The Morgan fingerprint density at radius 3 is 1.79 bits per heavy atom. The second kappa shape index (κ2) is 10.00.